The molecule has 4 atom stereocenters. The number of hydrogen-bond acceptors (Lipinski definition) is 3. The molecule has 2 aliphatic heterocycles. The first-order chi connectivity index (χ1) is 8.15. The van der Waals surface area contributed by atoms with E-state index in [-0.39, 0.29) is 0 Å². The van der Waals surface area contributed by atoms with Crippen LogP contribution in [0.4, 0.5) is 11.4 Å². The summed E-state index contributed by atoms with van der Waals surface area (Å²) in [5, 5.41) is 0. The Labute approximate surface area is 103 Å². The van der Waals surface area contributed by atoms with Crippen LogP contribution < -0.4 is 10.6 Å². The minimum absolute atomic E-state index is 0.669. The molecule has 17 heavy (non-hydrogen) atoms. The van der Waals surface area contributed by atoms with Crippen LogP contribution in [0.5, 0.6) is 0 Å². The molecule has 0 amide bonds. The van der Waals surface area contributed by atoms with E-state index in [0.29, 0.717) is 6.04 Å². The van der Waals surface area contributed by atoms with Crippen molar-refractivity contribution in [3.63, 3.8) is 0 Å². The molecule has 3 unspecified atom stereocenters. The molecular weight excluding hydrogens is 210 g/mol. The lowest BCUT2D eigenvalue weighted by molar-refractivity contribution is 0.284. The number of fused-ring (bicyclic) bond motifs is 2. The molecule has 2 fully saturated rings. The summed E-state index contributed by atoms with van der Waals surface area (Å²) in [6.45, 7) is 6.17. The van der Waals surface area contributed by atoms with Crippen molar-refractivity contribution in [1.82, 2.24) is 4.90 Å². The molecule has 2 bridgehead atoms. The Morgan fingerprint density at radius 3 is 2.47 bits per heavy atom. The second-order valence-electron chi connectivity index (χ2n) is 5.63. The number of anilines is 2. The topological polar surface area (TPSA) is 32.5 Å². The van der Waals surface area contributed by atoms with Crippen LogP contribution in [0.3, 0.4) is 0 Å². The van der Waals surface area contributed by atoms with Crippen molar-refractivity contribution in [2.24, 2.45) is 11.8 Å². The van der Waals surface area contributed by atoms with Crippen LogP contribution in [0.15, 0.2) is 24.3 Å². The van der Waals surface area contributed by atoms with E-state index in [9.17, 15) is 0 Å². The van der Waals surface area contributed by atoms with Gasteiger partial charge in [0.15, 0.2) is 0 Å². The first-order valence-electron chi connectivity index (χ1n) is 6.46. The molecule has 2 saturated heterocycles. The summed E-state index contributed by atoms with van der Waals surface area (Å²) >= 11 is 0. The van der Waals surface area contributed by atoms with Gasteiger partial charge in [-0.2, -0.15) is 0 Å². The van der Waals surface area contributed by atoms with Crippen molar-refractivity contribution in [2.45, 2.75) is 13.0 Å². The third-order valence-corrected chi connectivity index (χ3v) is 4.48. The van der Waals surface area contributed by atoms with Gasteiger partial charge in [-0.1, -0.05) is 6.92 Å². The smallest absolute Gasteiger partial charge is 0.0457 e. The van der Waals surface area contributed by atoms with Crippen molar-refractivity contribution < 1.29 is 0 Å². The fraction of sp³-hybridized carbons (Fsp3) is 0.571. The molecule has 0 aromatic heterocycles. The number of benzene rings is 1. The average Bonchev–Trinajstić information content (AvgIpc) is 2.87. The van der Waals surface area contributed by atoms with Gasteiger partial charge in [-0.3, -0.25) is 0 Å². The van der Waals surface area contributed by atoms with Gasteiger partial charge in [0.05, 0.1) is 0 Å². The third-order valence-electron chi connectivity index (χ3n) is 4.48. The van der Waals surface area contributed by atoms with E-state index in [1.54, 1.807) is 0 Å². The van der Waals surface area contributed by atoms with Crippen molar-refractivity contribution in [3.8, 4) is 0 Å². The van der Waals surface area contributed by atoms with Crippen molar-refractivity contribution in [1.29, 1.82) is 0 Å². The minimum atomic E-state index is 0.669. The first kappa shape index (κ1) is 10.9. The second-order valence-corrected chi connectivity index (χ2v) is 5.63. The zero-order chi connectivity index (χ0) is 12.0. The van der Waals surface area contributed by atoms with E-state index in [1.807, 2.05) is 12.1 Å². The van der Waals surface area contributed by atoms with Crippen molar-refractivity contribution >= 4 is 11.4 Å². The standard InChI is InChI=1S/C14H21N3/c1-10-7-17-8-13(10)14(9-17)16(2)12-5-3-11(15)4-6-12/h3-6,10,13-14H,7-9,15H2,1-2H3/t10?,13?,14-/m1/s1. The number of piperidine rings is 1. The van der Waals surface area contributed by atoms with E-state index >= 15 is 0 Å². The van der Waals surface area contributed by atoms with Crippen LogP contribution in [0, 0.1) is 11.8 Å². The van der Waals surface area contributed by atoms with Crippen LogP contribution in [0.25, 0.3) is 0 Å². The Morgan fingerprint density at radius 2 is 1.88 bits per heavy atom. The lowest BCUT2D eigenvalue weighted by Gasteiger charge is -2.35. The summed E-state index contributed by atoms with van der Waals surface area (Å²) in [4.78, 5) is 5.02. The highest BCUT2D eigenvalue weighted by Crippen LogP contribution is 2.36. The highest BCUT2D eigenvalue weighted by Gasteiger charge is 2.44. The Balaban J connectivity index is 1.79. The van der Waals surface area contributed by atoms with Crippen LogP contribution >= 0.6 is 0 Å². The summed E-state index contributed by atoms with van der Waals surface area (Å²) in [5.74, 6) is 1.67. The molecule has 0 spiro atoms. The first-order valence-corrected chi connectivity index (χ1v) is 6.46. The fourth-order valence-electron chi connectivity index (χ4n) is 3.46. The zero-order valence-electron chi connectivity index (χ0n) is 10.6. The maximum Gasteiger partial charge on any atom is 0.0457 e. The molecule has 0 saturated carbocycles. The molecule has 2 N–H and O–H groups in total. The lowest BCUT2D eigenvalue weighted by Crippen LogP contribution is -2.44. The van der Waals surface area contributed by atoms with Gasteiger partial charge in [-0.25, -0.2) is 0 Å². The number of nitrogens with zero attached hydrogens (tertiary/aromatic N) is 2. The number of nitrogen functional groups attached to an aromatic ring is 1. The maximum atomic E-state index is 5.74. The van der Waals surface area contributed by atoms with E-state index in [2.05, 4.69) is 35.9 Å². The van der Waals surface area contributed by atoms with Gasteiger partial charge in [0.2, 0.25) is 0 Å². The lowest BCUT2D eigenvalue weighted by atomic mass is 9.89. The SMILES string of the molecule is CC1CN2CC1[C@H](N(C)c1ccc(N)cc1)C2. The van der Waals surface area contributed by atoms with Crippen LogP contribution in [0.1, 0.15) is 6.92 Å². The summed E-state index contributed by atoms with van der Waals surface area (Å²) < 4.78 is 0. The zero-order valence-corrected chi connectivity index (χ0v) is 10.6. The van der Waals surface area contributed by atoms with E-state index in [4.69, 9.17) is 5.73 Å². The normalized spacial score (nSPS) is 35.2. The molecule has 0 aliphatic carbocycles. The average molecular weight is 231 g/mol. The fourth-order valence-corrected chi connectivity index (χ4v) is 3.46. The van der Waals surface area contributed by atoms with E-state index in [0.717, 1.165) is 17.5 Å². The Hall–Kier alpha value is -1.22. The van der Waals surface area contributed by atoms with Crippen molar-refractivity contribution in [3.05, 3.63) is 24.3 Å². The summed E-state index contributed by atoms with van der Waals surface area (Å²) in [6, 6.07) is 8.90. The molecule has 92 valence electrons. The molecule has 1 aromatic rings. The number of likely N-dealkylation sites (N-methyl/N-ethyl adjacent to an activating group) is 1. The predicted molar refractivity (Wildman–Crippen MR) is 72.1 cm³/mol. The molecule has 2 heterocycles. The van der Waals surface area contributed by atoms with Gasteiger partial charge in [0, 0.05) is 44.1 Å². The van der Waals surface area contributed by atoms with Gasteiger partial charge in [0.1, 0.15) is 0 Å². The Morgan fingerprint density at radius 1 is 1.18 bits per heavy atom. The number of hydrogen-bond donors (Lipinski definition) is 1. The Bertz CT molecular complexity index is 400. The molecule has 2 aliphatic rings. The van der Waals surface area contributed by atoms with Crippen LogP contribution in [-0.4, -0.2) is 37.6 Å². The summed E-state index contributed by atoms with van der Waals surface area (Å²) in [6.07, 6.45) is 0. The highest BCUT2D eigenvalue weighted by molar-refractivity contribution is 5.53. The third kappa shape index (κ3) is 1.78. The number of rotatable bonds is 2. The van der Waals surface area contributed by atoms with Crippen LogP contribution in [-0.2, 0) is 0 Å². The molecule has 3 rings (SSSR count). The quantitative estimate of drug-likeness (QED) is 0.786. The number of nitrogens with two attached hydrogens (primary N) is 1. The monoisotopic (exact) mass is 231 g/mol. The van der Waals surface area contributed by atoms with Gasteiger partial charge in [-0.15, -0.1) is 0 Å². The van der Waals surface area contributed by atoms with E-state index in [1.165, 1.54) is 25.3 Å². The van der Waals surface area contributed by atoms with Gasteiger partial charge < -0.3 is 15.5 Å². The van der Waals surface area contributed by atoms with Gasteiger partial charge in [0.25, 0.3) is 0 Å². The van der Waals surface area contributed by atoms with Gasteiger partial charge in [-0.05, 0) is 36.1 Å². The second kappa shape index (κ2) is 3.91. The minimum Gasteiger partial charge on any atom is -0.399 e. The summed E-state index contributed by atoms with van der Waals surface area (Å²) in [5.41, 5.74) is 7.86. The largest absolute Gasteiger partial charge is 0.399 e. The van der Waals surface area contributed by atoms with Crippen LogP contribution in [0.2, 0.25) is 0 Å². The molecule has 3 heteroatoms. The van der Waals surface area contributed by atoms with Gasteiger partial charge >= 0.3 is 0 Å². The van der Waals surface area contributed by atoms with E-state index < -0.39 is 0 Å². The molecule has 0 radical (unpaired) electrons. The molecule has 3 nitrogen and oxygen atoms in total. The molecular formula is C14H21N3. The molecule has 1 aromatic carbocycles. The summed E-state index contributed by atoms with van der Waals surface area (Å²) in [7, 11) is 2.21. The maximum absolute atomic E-state index is 5.74. The predicted octanol–water partition coefficient (Wildman–Crippen LogP) is 1.66. The Kier molecular flexibility index (Phi) is 2.51. The highest BCUT2D eigenvalue weighted by atomic mass is 15.3. The van der Waals surface area contributed by atoms with Crippen molar-refractivity contribution in [2.75, 3.05) is 37.3 Å².